The Bertz CT molecular complexity index is 856. The molecule has 8 heteroatoms. The maximum Gasteiger partial charge on any atom is 0.317 e. The number of fused-ring (bicyclic) bond motifs is 1. The van der Waals surface area contributed by atoms with Gasteiger partial charge >= 0.3 is 6.03 Å². The molecule has 0 unspecified atom stereocenters. The molecule has 0 aromatic carbocycles. The van der Waals surface area contributed by atoms with E-state index in [1.54, 1.807) is 23.0 Å². The number of carbonyl (C=O) groups is 2. The average Bonchev–Trinajstić information content (AvgIpc) is 3.33. The van der Waals surface area contributed by atoms with Crippen LogP contribution in [0.4, 0.5) is 4.79 Å². The first-order chi connectivity index (χ1) is 15.3. The third kappa shape index (κ3) is 5.41. The highest BCUT2D eigenvalue weighted by molar-refractivity contribution is 5.97. The number of pyridine rings is 1. The lowest BCUT2D eigenvalue weighted by Gasteiger charge is -2.37. The number of nitrogens with zero attached hydrogens (tertiary/aromatic N) is 3. The van der Waals surface area contributed by atoms with Crippen LogP contribution >= 0.6 is 0 Å². The number of urea groups is 1. The van der Waals surface area contributed by atoms with E-state index in [-0.39, 0.29) is 42.5 Å². The van der Waals surface area contributed by atoms with Crippen molar-refractivity contribution in [2.75, 3.05) is 33.3 Å². The summed E-state index contributed by atoms with van der Waals surface area (Å²) < 4.78 is 6.26. The summed E-state index contributed by atoms with van der Waals surface area (Å²) in [5.41, 5.74) is 2.55. The number of hydrogen-bond donors (Lipinski definition) is 2. The second-order valence-corrected chi connectivity index (χ2v) is 8.93. The van der Waals surface area contributed by atoms with Gasteiger partial charge in [0.05, 0.1) is 19.2 Å². The van der Waals surface area contributed by atoms with Crippen LogP contribution in [0.25, 0.3) is 5.57 Å². The van der Waals surface area contributed by atoms with Crippen molar-refractivity contribution >= 4 is 17.5 Å². The smallest absolute Gasteiger partial charge is 0.317 e. The zero-order valence-electron chi connectivity index (χ0n) is 19.6. The van der Waals surface area contributed by atoms with Gasteiger partial charge in [0.15, 0.2) is 0 Å². The van der Waals surface area contributed by atoms with E-state index in [0.717, 1.165) is 31.2 Å². The van der Waals surface area contributed by atoms with Crippen LogP contribution in [-0.2, 0) is 0 Å². The number of carbonyl (C=O) groups excluding carboxylic acids is 2. The van der Waals surface area contributed by atoms with E-state index in [2.05, 4.69) is 16.4 Å². The molecule has 8 nitrogen and oxygen atoms in total. The van der Waals surface area contributed by atoms with Crippen LogP contribution in [0.5, 0.6) is 5.88 Å². The van der Waals surface area contributed by atoms with Crippen molar-refractivity contribution in [3.05, 3.63) is 29.5 Å². The summed E-state index contributed by atoms with van der Waals surface area (Å²) in [4.78, 5) is 33.7. The molecule has 1 aliphatic carbocycles. The number of hydrogen-bond acceptors (Lipinski definition) is 5. The molecule has 2 heterocycles. The van der Waals surface area contributed by atoms with E-state index in [1.807, 2.05) is 26.8 Å². The number of likely N-dealkylation sites (N-methyl/N-ethyl adjacent to an activating group) is 1. The zero-order chi connectivity index (χ0) is 23.3. The number of allylic oxidation sites excluding steroid dienone is 2. The Balaban J connectivity index is 1.92. The van der Waals surface area contributed by atoms with Crippen LogP contribution in [0.1, 0.15) is 62.4 Å². The molecule has 176 valence electrons. The molecule has 0 fully saturated rings. The van der Waals surface area contributed by atoms with Crippen molar-refractivity contribution in [1.29, 1.82) is 0 Å². The minimum absolute atomic E-state index is 0.0680. The number of aromatic nitrogens is 1. The van der Waals surface area contributed by atoms with Crippen LogP contribution in [0.15, 0.2) is 18.3 Å². The van der Waals surface area contributed by atoms with Crippen molar-refractivity contribution in [1.82, 2.24) is 20.1 Å². The van der Waals surface area contributed by atoms with E-state index in [4.69, 9.17) is 4.74 Å². The third-order valence-electron chi connectivity index (χ3n) is 6.26. The van der Waals surface area contributed by atoms with Crippen LogP contribution in [0, 0.1) is 5.92 Å². The Hall–Kier alpha value is -2.61. The van der Waals surface area contributed by atoms with Gasteiger partial charge in [-0.3, -0.25) is 4.79 Å². The highest BCUT2D eigenvalue weighted by atomic mass is 16.5. The molecule has 0 radical (unpaired) electrons. The molecule has 1 aliphatic heterocycles. The van der Waals surface area contributed by atoms with E-state index in [0.29, 0.717) is 25.2 Å². The first kappa shape index (κ1) is 24.0. The van der Waals surface area contributed by atoms with E-state index >= 15 is 0 Å². The van der Waals surface area contributed by atoms with E-state index in [9.17, 15) is 14.7 Å². The van der Waals surface area contributed by atoms with Gasteiger partial charge < -0.3 is 25.0 Å². The number of ether oxygens (including phenoxy) is 1. The van der Waals surface area contributed by atoms with Crippen molar-refractivity contribution < 1.29 is 19.4 Å². The lowest BCUT2D eigenvalue weighted by molar-refractivity contribution is 0.0352. The Morgan fingerprint density at radius 2 is 2.25 bits per heavy atom. The van der Waals surface area contributed by atoms with Crippen molar-refractivity contribution in [2.24, 2.45) is 5.92 Å². The van der Waals surface area contributed by atoms with Gasteiger partial charge in [0, 0.05) is 32.3 Å². The number of aliphatic hydroxyl groups is 1. The summed E-state index contributed by atoms with van der Waals surface area (Å²) in [7, 11) is 1.74. The molecule has 0 saturated carbocycles. The molecule has 0 spiro atoms. The monoisotopic (exact) mass is 444 g/mol. The summed E-state index contributed by atoms with van der Waals surface area (Å²) in [6.45, 7) is 7.10. The summed E-state index contributed by atoms with van der Waals surface area (Å²) in [6, 6.07) is 1.37. The summed E-state index contributed by atoms with van der Waals surface area (Å²) in [5, 5.41) is 12.7. The van der Waals surface area contributed by atoms with Crippen LogP contribution < -0.4 is 10.1 Å². The van der Waals surface area contributed by atoms with Gasteiger partial charge in [-0.25, -0.2) is 9.78 Å². The molecule has 0 saturated heterocycles. The lowest BCUT2D eigenvalue weighted by atomic mass is 9.99. The third-order valence-corrected chi connectivity index (χ3v) is 6.26. The summed E-state index contributed by atoms with van der Waals surface area (Å²) >= 11 is 0. The summed E-state index contributed by atoms with van der Waals surface area (Å²) in [6.07, 6.45) is 7.60. The van der Waals surface area contributed by atoms with Gasteiger partial charge in [0.25, 0.3) is 5.91 Å². The second kappa shape index (κ2) is 10.8. The fraction of sp³-hybridized carbons (Fsp3) is 0.625. The van der Waals surface area contributed by atoms with Gasteiger partial charge in [-0.15, -0.1) is 0 Å². The zero-order valence-corrected chi connectivity index (χ0v) is 19.6. The molecule has 1 aromatic heterocycles. The molecule has 0 bridgehead atoms. The molecule has 3 amide bonds. The van der Waals surface area contributed by atoms with Crippen molar-refractivity contribution in [2.45, 2.75) is 58.6 Å². The van der Waals surface area contributed by atoms with Crippen molar-refractivity contribution in [3.8, 4) is 5.88 Å². The first-order valence-electron chi connectivity index (χ1n) is 11.6. The minimum Gasteiger partial charge on any atom is -0.472 e. The topological polar surface area (TPSA) is 95.0 Å². The highest BCUT2D eigenvalue weighted by Crippen LogP contribution is 2.32. The Morgan fingerprint density at radius 1 is 1.47 bits per heavy atom. The Kier molecular flexibility index (Phi) is 8.12. The average molecular weight is 445 g/mol. The van der Waals surface area contributed by atoms with E-state index in [1.165, 1.54) is 5.57 Å². The van der Waals surface area contributed by atoms with Crippen LogP contribution in [-0.4, -0.2) is 77.3 Å². The fourth-order valence-corrected chi connectivity index (χ4v) is 4.15. The maximum atomic E-state index is 13.5. The largest absolute Gasteiger partial charge is 0.472 e. The van der Waals surface area contributed by atoms with Gasteiger partial charge in [0.1, 0.15) is 11.7 Å². The van der Waals surface area contributed by atoms with Gasteiger partial charge in [-0.05, 0) is 49.8 Å². The molecule has 1 aromatic rings. The molecule has 3 atom stereocenters. The maximum absolute atomic E-state index is 13.5. The molecule has 32 heavy (non-hydrogen) atoms. The van der Waals surface area contributed by atoms with Gasteiger partial charge in [-0.1, -0.05) is 19.9 Å². The number of rotatable bonds is 7. The Labute approximate surface area is 190 Å². The standard InChI is InChI=1S/C24H36N4O4/c1-5-10-25-24(31)27(4)14-21-16(2)13-28(17(3)15-29)23(30)20-11-19(12-26-22(20)32-21)18-8-6-7-9-18/h8,11-12,16-17,21,29H,5-7,9-10,13-15H2,1-4H3,(H,25,31)/t16-,17-,21-/m1/s1. The molecule has 2 aliphatic rings. The van der Waals surface area contributed by atoms with E-state index < -0.39 is 0 Å². The SMILES string of the molecule is CCCNC(=O)N(C)C[C@H]1Oc2ncc(C3=CCCC3)cc2C(=O)N([C@H](C)CO)C[C@H]1C. The second-order valence-electron chi connectivity index (χ2n) is 8.93. The Morgan fingerprint density at radius 3 is 2.91 bits per heavy atom. The molecular weight excluding hydrogens is 408 g/mol. The number of amides is 3. The molecular formula is C24H36N4O4. The van der Waals surface area contributed by atoms with Crippen LogP contribution in [0.3, 0.4) is 0 Å². The molecule has 3 rings (SSSR count). The minimum atomic E-state index is -0.350. The number of nitrogens with one attached hydrogen (secondary N) is 1. The first-order valence-corrected chi connectivity index (χ1v) is 11.6. The predicted octanol–water partition coefficient (Wildman–Crippen LogP) is 2.92. The van der Waals surface area contributed by atoms with Gasteiger partial charge in [0.2, 0.25) is 5.88 Å². The highest BCUT2D eigenvalue weighted by Gasteiger charge is 2.34. The normalized spacial score (nSPS) is 21.7. The van der Waals surface area contributed by atoms with Crippen molar-refractivity contribution in [3.63, 3.8) is 0 Å². The molecule has 2 N–H and O–H groups in total. The quantitative estimate of drug-likeness (QED) is 0.674. The number of aliphatic hydroxyl groups excluding tert-OH is 1. The predicted molar refractivity (Wildman–Crippen MR) is 124 cm³/mol. The van der Waals surface area contributed by atoms with Gasteiger partial charge in [-0.2, -0.15) is 0 Å². The fourth-order valence-electron chi connectivity index (χ4n) is 4.15. The van der Waals surface area contributed by atoms with Crippen LogP contribution in [0.2, 0.25) is 0 Å². The summed E-state index contributed by atoms with van der Waals surface area (Å²) in [5.74, 6) is 0.0294. The lowest BCUT2D eigenvalue weighted by Crippen LogP contribution is -2.51.